The van der Waals surface area contributed by atoms with Crippen molar-refractivity contribution < 1.29 is 24.2 Å². The van der Waals surface area contributed by atoms with Crippen LogP contribution in [0.2, 0.25) is 0 Å². The summed E-state index contributed by atoms with van der Waals surface area (Å²) in [7, 11) is 0. The van der Waals surface area contributed by atoms with Gasteiger partial charge in [-0.15, -0.1) is 0 Å². The first kappa shape index (κ1) is 23.6. The first-order chi connectivity index (χ1) is 16.7. The van der Waals surface area contributed by atoms with Crippen LogP contribution in [0.1, 0.15) is 16.7 Å². The Morgan fingerprint density at radius 1 is 0.971 bits per heavy atom. The molecule has 0 aromatic heterocycles. The third-order valence-corrected chi connectivity index (χ3v) is 5.96. The number of carbonyl (C=O) groups excluding carboxylic acids is 2. The fourth-order valence-electron chi connectivity index (χ4n) is 3.39. The highest BCUT2D eigenvalue weighted by molar-refractivity contribution is 8.18. The molecule has 11 heteroatoms. The number of nitro benzene ring substituents is 2. The number of hydrogen-bond acceptors (Lipinski definition) is 8. The van der Waals surface area contributed by atoms with Crippen LogP contribution in [-0.2, 0) is 11.3 Å². The molecule has 0 spiro atoms. The lowest BCUT2D eigenvalue weighted by Crippen LogP contribution is -2.27. The van der Waals surface area contributed by atoms with Gasteiger partial charge in [0, 0.05) is 6.07 Å². The van der Waals surface area contributed by atoms with Crippen LogP contribution < -0.4 is 4.74 Å². The predicted molar refractivity (Wildman–Crippen MR) is 129 cm³/mol. The van der Waals surface area contributed by atoms with Gasteiger partial charge in [0.05, 0.1) is 27.4 Å². The third kappa shape index (κ3) is 5.36. The van der Waals surface area contributed by atoms with Crippen LogP contribution in [0.25, 0.3) is 6.08 Å². The standard InChI is InChI=1S/C24H17N3O7S/c1-15-3-2-4-17(11-15)14-25-23(28)22(35-24(25)29)12-16-5-8-19(9-6-16)34-21-10-7-18(26(30)31)13-20(21)27(32)33/h2-13H,14H2,1H3/b22-12+. The van der Waals surface area contributed by atoms with Crippen LogP contribution in [0.15, 0.2) is 71.6 Å². The summed E-state index contributed by atoms with van der Waals surface area (Å²) in [6.45, 7) is 2.12. The lowest BCUT2D eigenvalue weighted by molar-refractivity contribution is -0.394. The summed E-state index contributed by atoms with van der Waals surface area (Å²) < 4.78 is 5.54. The number of hydrogen-bond donors (Lipinski definition) is 0. The van der Waals surface area contributed by atoms with E-state index in [1.807, 2.05) is 31.2 Å². The molecule has 3 aromatic rings. The van der Waals surface area contributed by atoms with Gasteiger partial charge in [0.2, 0.25) is 5.75 Å². The Kier molecular flexibility index (Phi) is 6.60. The molecule has 4 rings (SSSR count). The molecule has 0 N–H and O–H groups in total. The summed E-state index contributed by atoms with van der Waals surface area (Å²) in [4.78, 5) is 47.3. The molecule has 1 heterocycles. The van der Waals surface area contributed by atoms with Gasteiger partial charge in [-0.3, -0.25) is 34.7 Å². The summed E-state index contributed by atoms with van der Waals surface area (Å²) in [5, 5.41) is 21.8. The Hall–Kier alpha value is -4.51. The average molecular weight is 491 g/mol. The van der Waals surface area contributed by atoms with Gasteiger partial charge in [-0.2, -0.15) is 0 Å². The fraction of sp³-hybridized carbons (Fsp3) is 0.0833. The molecule has 0 radical (unpaired) electrons. The Morgan fingerprint density at radius 3 is 2.37 bits per heavy atom. The van der Waals surface area contributed by atoms with Gasteiger partial charge >= 0.3 is 5.69 Å². The lowest BCUT2D eigenvalue weighted by Gasteiger charge is -2.12. The van der Waals surface area contributed by atoms with Crippen molar-refractivity contribution in [3.05, 3.63) is 109 Å². The van der Waals surface area contributed by atoms with E-state index in [0.717, 1.165) is 41.1 Å². The van der Waals surface area contributed by atoms with Crippen molar-refractivity contribution in [2.24, 2.45) is 0 Å². The topological polar surface area (TPSA) is 133 Å². The highest BCUT2D eigenvalue weighted by Gasteiger charge is 2.35. The Morgan fingerprint density at radius 2 is 1.71 bits per heavy atom. The lowest BCUT2D eigenvalue weighted by atomic mass is 10.1. The van der Waals surface area contributed by atoms with E-state index in [1.165, 1.54) is 17.0 Å². The van der Waals surface area contributed by atoms with Crippen molar-refractivity contribution in [2.75, 3.05) is 0 Å². The SMILES string of the molecule is Cc1cccc(CN2C(=O)S/C(=C/c3ccc(Oc4ccc([N+](=O)[O-])cc4[N+](=O)[O-])cc3)C2=O)c1. The van der Waals surface area contributed by atoms with Crippen LogP contribution >= 0.6 is 11.8 Å². The van der Waals surface area contributed by atoms with E-state index in [2.05, 4.69) is 0 Å². The van der Waals surface area contributed by atoms with Crippen molar-refractivity contribution in [3.8, 4) is 11.5 Å². The molecule has 3 aromatic carbocycles. The van der Waals surface area contributed by atoms with Gasteiger partial charge in [-0.1, -0.05) is 42.0 Å². The summed E-state index contributed by atoms with van der Waals surface area (Å²) in [5.74, 6) is -0.277. The van der Waals surface area contributed by atoms with Crippen LogP contribution in [0.4, 0.5) is 16.2 Å². The summed E-state index contributed by atoms with van der Waals surface area (Å²) in [5.41, 5.74) is 1.56. The largest absolute Gasteiger partial charge is 0.450 e. The number of ether oxygens (including phenoxy) is 1. The van der Waals surface area contributed by atoms with Gasteiger partial charge < -0.3 is 4.74 Å². The zero-order valence-electron chi connectivity index (χ0n) is 18.2. The molecule has 35 heavy (non-hydrogen) atoms. The number of benzene rings is 3. The van der Waals surface area contributed by atoms with Crippen molar-refractivity contribution >= 4 is 40.4 Å². The van der Waals surface area contributed by atoms with Crippen LogP contribution in [0.5, 0.6) is 11.5 Å². The zero-order valence-corrected chi connectivity index (χ0v) is 19.1. The Bertz CT molecular complexity index is 1390. The van der Waals surface area contributed by atoms with Gasteiger partial charge in [0.25, 0.3) is 16.8 Å². The number of thioether (sulfide) groups is 1. The number of nitro groups is 2. The first-order valence-electron chi connectivity index (χ1n) is 10.2. The van der Waals surface area contributed by atoms with E-state index in [1.54, 1.807) is 18.2 Å². The number of imide groups is 1. The van der Waals surface area contributed by atoms with Crippen LogP contribution in [0.3, 0.4) is 0 Å². The molecular weight excluding hydrogens is 474 g/mol. The molecule has 1 aliphatic rings. The molecule has 0 saturated carbocycles. The van der Waals surface area contributed by atoms with Crippen molar-refractivity contribution in [2.45, 2.75) is 13.5 Å². The number of aryl methyl sites for hydroxylation is 1. The summed E-state index contributed by atoms with van der Waals surface area (Å²) >= 11 is 0.853. The number of carbonyl (C=O) groups is 2. The summed E-state index contributed by atoms with van der Waals surface area (Å²) in [6.07, 6.45) is 1.58. The van der Waals surface area contributed by atoms with E-state index < -0.39 is 21.2 Å². The normalized spacial score (nSPS) is 14.4. The quantitative estimate of drug-likeness (QED) is 0.229. The van der Waals surface area contributed by atoms with E-state index in [-0.39, 0.29) is 34.1 Å². The molecule has 1 fully saturated rings. The predicted octanol–water partition coefficient (Wildman–Crippen LogP) is 5.84. The van der Waals surface area contributed by atoms with E-state index in [9.17, 15) is 29.8 Å². The minimum Gasteiger partial charge on any atom is -0.450 e. The second kappa shape index (κ2) is 9.77. The maximum atomic E-state index is 12.8. The smallest absolute Gasteiger partial charge is 0.318 e. The van der Waals surface area contributed by atoms with Crippen molar-refractivity contribution in [1.29, 1.82) is 0 Å². The van der Waals surface area contributed by atoms with Crippen molar-refractivity contribution in [3.63, 3.8) is 0 Å². The third-order valence-electron chi connectivity index (χ3n) is 5.05. The maximum absolute atomic E-state index is 12.8. The minimum atomic E-state index is -0.760. The molecule has 0 bridgehead atoms. The Balaban J connectivity index is 1.49. The first-order valence-corrected chi connectivity index (χ1v) is 11.0. The molecule has 0 aliphatic carbocycles. The second-order valence-electron chi connectivity index (χ2n) is 7.59. The molecule has 0 unspecified atom stereocenters. The molecule has 0 atom stereocenters. The van der Waals surface area contributed by atoms with Crippen LogP contribution in [0, 0.1) is 27.2 Å². The van der Waals surface area contributed by atoms with Crippen LogP contribution in [-0.4, -0.2) is 25.9 Å². The molecule has 2 amide bonds. The highest BCUT2D eigenvalue weighted by atomic mass is 32.2. The molecule has 10 nitrogen and oxygen atoms in total. The number of rotatable bonds is 7. The molecular formula is C24H17N3O7S. The van der Waals surface area contributed by atoms with Gasteiger partial charge in [0.15, 0.2) is 0 Å². The zero-order chi connectivity index (χ0) is 25.1. The van der Waals surface area contributed by atoms with Gasteiger partial charge in [-0.25, -0.2) is 0 Å². The Labute approximate surface area is 203 Å². The fourth-order valence-corrected chi connectivity index (χ4v) is 4.23. The van der Waals surface area contributed by atoms with E-state index >= 15 is 0 Å². The average Bonchev–Trinajstić information content (AvgIpc) is 3.07. The molecule has 1 aliphatic heterocycles. The molecule has 176 valence electrons. The second-order valence-corrected chi connectivity index (χ2v) is 8.59. The monoisotopic (exact) mass is 491 g/mol. The highest BCUT2D eigenvalue weighted by Crippen LogP contribution is 2.36. The number of amides is 2. The van der Waals surface area contributed by atoms with E-state index in [0.29, 0.717) is 5.56 Å². The molecule has 1 saturated heterocycles. The van der Waals surface area contributed by atoms with E-state index in [4.69, 9.17) is 4.74 Å². The minimum absolute atomic E-state index is 0.148. The van der Waals surface area contributed by atoms with Gasteiger partial charge in [0.1, 0.15) is 5.75 Å². The van der Waals surface area contributed by atoms with Gasteiger partial charge in [-0.05, 0) is 54.1 Å². The summed E-state index contributed by atoms with van der Waals surface area (Å²) in [6, 6.07) is 17.0. The number of nitrogens with zero attached hydrogens (tertiary/aromatic N) is 3. The maximum Gasteiger partial charge on any atom is 0.318 e. The number of non-ortho nitro benzene ring substituents is 1. The van der Waals surface area contributed by atoms with Crippen molar-refractivity contribution in [1.82, 2.24) is 4.90 Å².